The molecule has 1 amide bonds. The number of alkyl halides is 3. The summed E-state index contributed by atoms with van der Waals surface area (Å²) < 4.78 is 39.8. The second kappa shape index (κ2) is 13.6. The van der Waals surface area contributed by atoms with Crippen molar-refractivity contribution in [1.29, 1.82) is 0 Å². The van der Waals surface area contributed by atoms with Crippen molar-refractivity contribution < 1.29 is 18.0 Å². The summed E-state index contributed by atoms with van der Waals surface area (Å²) in [5.41, 5.74) is 1.10. The van der Waals surface area contributed by atoms with Crippen LogP contribution in [0.1, 0.15) is 62.6 Å². The zero-order valence-corrected chi connectivity index (χ0v) is 24.2. The highest BCUT2D eigenvalue weighted by Gasteiger charge is 2.36. The van der Waals surface area contributed by atoms with Gasteiger partial charge in [-0.3, -0.25) is 19.6 Å². The maximum atomic E-state index is 13.3. The van der Waals surface area contributed by atoms with Crippen molar-refractivity contribution in [3.05, 3.63) is 59.9 Å². The molecule has 1 saturated carbocycles. The largest absolute Gasteiger partial charge is 0.416 e. The van der Waals surface area contributed by atoms with Gasteiger partial charge in [0.05, 0.1) is 11.3 Å². The summed E-state index contributed by atoms with van der Waals surface area (Å²) in [5.74, 6) is 0.614. The van der Waals surface area contributed by atoms with Gasteiger partial charge in [0.1, 0.15) is 0 Å². The third-order valence-corrected chi connectivity index (χ3v) is 9.46. The number of piperazine rings is 1. The van der Waals surface area contributed by atoms with Crippen molar-refractivity contribution in [1.82, 2.24) is 19.7 Å². The van der Waals surface area contributed by atoms with Gasteiger partial charge in [0, 0.05) is 83.2 Å². The number of amides is 1. The fourth-order valence-corrected chi connectivity index (χ4v) is 7.07. The van der Waals surface area contributed by atoms with Crippen LogP contribution in [0.3, 0.4) is 0 Å². The highest BCUT2D eigenvalue weighted by atomic mass is 19.4. The minimum Gasteiger partial charge on any atom is -0.369 e. The monoisotopic (exact) mass is 571 g/mol. The average molecular weight is 572 g/mol. The molecular weight excluding hydrogens is 527 g/mol. The van der Waals surface area contributed by atoms with E-state index in [-0.39, 0.29) is 5.91 Å². The van der Waals surface area contributed by atoms with Gasteiger partial charge >= 0.3 is 6.18 Å². The second-order valence-corrected chi connectivity index (χ2v) is 12.1. The molecule has 2 aliphatic heterocycles. The topological polar surface area (TPSA) is 42.9 Å². The number of likely N-dealkylation sites (tertiary alicyclic amines) is 1. The highest BCUT2D eigenvalue weighted by Crippen LogP contribution is 2.33. The summed E-state index contributed by atoms with van der Waals surface area (Å²) in [7, 11) is 1.98. The predicted octanol–water partition coefficient (Wildman–Crippen LogP) is 5.68. The number of carbonyl (C=O) groups is 1. The van der Waals surface area contributed by atoms with Crippen LogP contribution in [0.15, 0.2) is 48.7 Å². The number of nitrogens with zero attached hydrogens (tertiary/aromatic N) is 5. The molecule has 3 aliphatic rings. The summed E-state index contributed by atoms with van der Waals surface area (Å²) in [6.07, 6.45) is 5.86. The lowest BCUT2D eigenvalue weighted by Gasteiger charge is -2.47. The molecule has 1 aliphatic carbocycles. The lowest BCUT2D eigenvalue weighted by atomic mass is 9.86. The standard InChI is InChI=1S/C32H44F3N5O/c1-37(28-10-3-2-4-11-28)31(41)14-13-25-23-38(24-27-9-5-6-16-36-27)17-15-30(25)40-20-18-39(19-21-40)29-12-7-8-26(22-29)32(33,34)35/h5-9,12,16,22,25,28,30H,2-4,10-11,13-15,17-21,23-24H2,1H3/t25-,30+/m1/s1. The molecule has 6 nitrogen and oxygen atoms in total. The molecule has 5 rings (SSSR count). The molecule has 3 fully saturated rings. The van der Waals surface area contributed by atoms with Gasteiger partial charge in [-0.2, -0.15) is 13.2 Å². The maximum absolute atomic E-state index is 13.3. The van der Waals surface area contributed by atoms with Crippen LogP contribution in [0, 0.1) is 5.92 Å². The number of hydrogen-bond donors (Lipinski definition) is 0. The zero-order chi connectivity index (χ0) is 28.8. The second-order valence-electron chi connectivity index (χ2n) is 12.1. The Bertz CT molecular complexity index is 1120. The number of pyridine rings is 1. The van der Waals surface area contributed by atoms with E-state index in [2.05, 4.69) is 25.8 Å². The molecule has 1 aromatic heterocycles. The van der Waals surface area contributed by atoms with E-state index in [1.807, 2.05) is 30.3 Å². The van der Waals surface area contributed by atoms with Gasteiger partial charge in [0.25, 0.3) is 0 Å². The number of halogens is 3. The van der Waals surface area contributed by atoms with Crippen molar-refractivity contribution in [2.75, 3.05) is 51.2 Å². The summed E-state index contributed by atoms with van der Waals surface area (Å²) >= 11 is 0. The SMILES string of the molecule is CN(C(=O)CC[C@@H]1CN(Cc2ccccn2)CC[C@@H]1N1CCN(c2cccc(C(F)(F)F)c2)CC1)C1CCCCC1. The zero-order valence-electron chi connectivity index (χ0n) is 24.2. The smallest absolute Gasteiger partial charge is 0.369 e. The normalized spacial score (nSPS) is 23.5. The van der Waals surface area contributed by atoms with Crippen LogP contribution in [-0.4, -0.2) is 84.0 Å². The fourth-order valence-electron chi connectivity index (χ4n) is 7.07. The summed E-state index contributed by atoms with van der Waals surface area (Å²) in [4.78, 5) is 26.8. The molecular formula is C32H44F3N5O. The molecule has 0 radical (unpaired) electrons. The minimum absolute atomic E-state index is 0.256. The first kappa shape index (κ1) is 29.8. The van der Waals surface area contributed by atoms with Crippen LogP contribution in [0.25, 0.3) is 0 Å². The summed E-state index contributed by atoms with van der Waals surface area (Å²) in [6, 6.07) is 12.4. The lowest BCUT2D eigenvalue weighted by molar-refractivity contribution is -0.137. The molecule has 9 heteroatoms. The summed E-state index contributed by atoms with van der Waals surface area (Å²) in [5, 5.41) is 0. The Balaban J connectivity index is 1.22. The van der Waals surface area contributed by atoms with E-state index >= 15 is 0 Å². The first-order valence-electron chi connectivity index (χ1n) is 15.3. The molecule has 2 aromatic rings. The van der Waals surface area contributed by atoms with Crippen molar-refractivity contribution in [3.8, 4) is 0 Å². The van der Waals surface area contributed by atoms with Crippen LogP contribution >= 0.6 is 0 Å². The number of carbonyl (C=O) groups excluding carboxylic acids is 1. The molecule has 2 atom stereocenters. The van der Waals surface area contributed by atoms with Crippen LogP contribution in [-0.2, 0) is 17.5 Å². The molecule has 224 valence electrons. The van der Waals surface area contributed by atoms with Gasteiger partial charge in [-0.05, 0) is 61.9 Å². The molecule has 1 aromatic carbocycles. The molecule has 0 bridgehead atoms. The summed E-state index contributed by atoms with van der Waals surface area (Å²) in [6.45, 7) is 5.73. The van der Waals surface area contributed by atoms with E-state index in [0.717, 1.165) is 70.2 Å². The van der Waals surface area contributed by atoms with Gasteiger partial charge in [0.15, 0.2) is 0 Å². The minimum atomic E-state index is -4.34. The quantitative estimate of drug-likeness (QED) is 0.408. The van der Waals surface area contributed by atoms with E-state index < -0.39 is 11.7 Å². The molecule has 3 heterocycles. The van der Waals surface area contributed by atoms with Gasteiger partial charge in [-0.25, -0.2) is 0 Å². The van der Waals surface area contributed by atoms with Crippen LogP contribution in [0.2, 0.25) is 0 Å². The first-order valence-corrected chi connectivity index (χ1v) is 15.3. The average Bonchev–Trinajstić information content (AvgIpc) is 3.00. The molecule has 0 unspecified atom stereocenters. The Kier molecular flexibility index (Phi) is 9.86. The maximum Gasteiger partial charge on any atom is 0.416 e. The van der Waals surface area contributed by atoms with Gasteiger partial charge in [-0.15, -0.1) is 0 Å². The number of rotatable bonds is 8. The van der Waals surface area contributed by atoms with Crippen LogP contribution in [0.4, 0.5) is 18.9 Å². The van der Waals surface area contributed by atoms with E-state index in [9.17, 15) is 18.0 Å². The molecule has 41 heavy (non-hydrogen) atoms. The third kappa shape index (κ3) is 7.80. The van der Waals surface area contributed by atoms with E-state index in [1.165, 1.54) is 31.4 Å². The van der Waals surface area contributed by atoms with Crippen LogP contribution in [0.5, 0.6) is 0 Å². The number of hydrogen-bond acceptors (Lipinski definition) is 5. The Hall–Kier alpha value is -2.65. The predicted molar refractivity (Wildman–Crippen MR) is 156 cm³/mol. The van der Waals surface area contributed by atoms with Crippen molar-refractivity contribution in [3.63, 3.8) is 0 Å². The van der Waals surface area contributed by atoms with E-state index in [0.29, 0.717) is 43.2 Å². The van der Waals surface area contributed by atoms with E-state index in [4.69, 9.17) is 0 Å². The number of benzene rings is 1. The molecule has 0 N–H and O–H groups in total. The van der Waals surface area contributed by atoms with Gasteiger partial charge < -0.3 is 9.80 Å². The molecule has 2 saturated heterocycles. The van der Waals surface area contributed by atoms with Gasteiger partial charge in [0.2, 0.25) is 5.91 Å². The fraction of sp³-hybridized carbons (Fsp3) is 0.625. The van der Waals surface area contributed by atoms with Crippen molar-refractivity contribution in [2.24, 2.45) is 5.92 Å². The van der Waals surface area contributed by atoms with Crippen LogP contribution < -0.4 is 4.90 Å². The highest BCUT2D eigenvalue weighted by molar-refractivity contribution is 5.76. The Labute approximate surface area is 242 Å². The molecule has 0 spiro atoms. The number of piperidine rings is 1. The number of anilines is 1. The van der Waals surface area contributed by atoms with Crippen molar-refractivity contribution in [2.45, 2.75) is 76.2 Å². The Morgan fingerprint density at radius 2 is 1.76 bits per heavy atom. The van der Waals surface area contributed by atoms with Gasteiger partial charge in [-0.1, -0.05) is 31.4 Å². The van der Waals surface area contributed by atoms with Crippen molar-refractivity contribution >= 4 is 11.6 Å². The number of aromatic nitrogens is 1. The third-order valence-electron chi connectivity index (χ3n) is 9.46. The first-order chi connectivity index (χ1) is 19.8. The Morgan fingerprint density at radius 1 is 0.976 bits per heavy atom. The lowest BCUT2D eigenvalue weighted by Crippen LogP contribution is -2.56. The van der Waals surface area contributed by atoms with E-state index in [1.54, 1.807) is 6.07 Å². The Morgan fingerprint density at radius 3 is 2.46 bits per heavy atom.